The molecule has 0 saturated carbocycles. The summed E-state index contributed by atoms with van der Waals surface area (Å²) in [7, 11) is -3.66. The van der Waals surface area contributed by atoms with Crippen LogP contribution in [0.2, 0.25) is 0 Å². The number of imide groups is 1. The quantitative estimate of drug-likeness (QED) is 0.514. The van der Waals surface area contributed by atoms with Gasteiger partial charge in [0.25, 0.3) is 17.7 Å². The average Bonchev–Trinajstić information content (AvgIpc) is 2.95. The van der Waals surface area contributed by atoms with E-state index in [1.165, 1.54) is 30.3 Å². The molecule has 0 atom stereocenters. The molecule has 158 valence electrons. The van der Waals surface area contributed by atoms with Crippen LogP contribution in [0.3, 0.4) is 0 Å². The first-order valence-electron chi connectivity index (χ1n) is 9.48. The van der Waals surface area contributed by atoms with Crippen LogP contribution in [0.25, 0.3) is 0 Å². The first-order valence-corrected chi connectivity index (χ1v) is 11.0. The van der Waals surface area contributed by atoms with E-state index in [9.17, 15) is 22.8 Å². The Hall–Kier alpha value is -3.04. The molecule has 30 heavy (non-hydrogen) atoms. The first kappa shape index (κ1) is 21.7. The van der Waals surface area contributed by atoms with Gasteiger partial charge in [0, 0.05) is 24.7 Å². The molecular formula is C21H23N3O5S. The highest BCUT2D eigenvalue weighted by molar-refractivity contribution is 7.89. The Morgan fingerprint density at radius 2 is 1.60 bits per heavy atom. The number of rotatable bonds is 7. The normalized spacial score (nSPS) is 13.7. The zero-order valence-corrected chi connectivity index (χ0v) is 17.7. The second-order valence-electron chi connectivity index (χ2n) is 7.30. The van der Waals surface area contributed by atoms with Gasteiger partial charge in [-0.05, 0) is 51.1 Å². The third-order valence-electron chi connectivity index (χ3n) is 4.73. The highest BCUT2D eigenvalue weighted by Gasteiger charge is 2.37. The van der Waals surface area contributed by atoms with Gasteiger partial charge in [0.15, 0.2) is 0 Å². The standard InChI is InChI=1S/C21H23N3O5S/c1-13(2)24-20(26)17-9-6-15(12-18(17)21(24)27)19(25)22-10-11-23-30(28,29)16-7-4-14(3)5-8-16/h4-9,12-13,23H,10-11H2,1-3H3,(H,22,25). The fourth-order valence-electron chi connectivity index (χ4n) is 3.13. The lowest BCUT2D eigenvalue weighted by Crippen LogP contribution is -2.36. The lowest BCUT2D eigenvalue weighted by atomic mass is 10.1. The molecule has 0 fully saturated rings. The van der Waals surface area contributed by atoms with E-state index in [2.05, 4.69) is 10.0 Å². The molecule has 3 rings (SSSR count). The average molecular weight is 429 g/mol. The van der Waals surface area contributed by atoms with Crippen molar-refractivity contribution in [3.63, 3.8) is 0 Å². The second kappa shape index (κ2) is 8.37. The van der Waals surface area contributed by atoms with Crippen LogP contribution in [0.5, 0.6) is 0 Å². The number of nitrogens with one attached hydrogen (secondary N) is 2. The second-order valence-corrected chi connectivity index (χ2v) is 9.07. The number of nitrogens with zero attached hydrogens (tertiary/aromatic N) is 1. The Balaban J connectivity index is 1.60. The van der Waals surface area contributed by atoms with E-state index in [1.807, 2.05) is 6.92 Å². The molecule has 1 heterocycles. The smallest absolute Gasteiger partial charge is 0.261 e. The topological polar surface area (TPSA) is 113 Å². The van der Waals surface area contributed by atoms with E-state index in [0.717, 1.165) is 10.5 Å². The number of aryl methyl sites for hydroxylation is 1. The van der Waals surface area contributed by atoms with Crippen LogP contribution in [0.4, 0.5) is 0 Å². The monoisotopic (exact) mass is 429 g/mol. The van der Waals surface area contributed by atoms with Crippen molar-refractivity contribution < 1.29 is 22.8 Å². The molecular weight excluding hydrogens is 406 g/mol. The molecule has 8 nitrogen and oxygen atoms in total. The number of benzene rings is 2. The highest BCUT2D eigenvalue weighted by Crippen LogP contribution is 2.25. The Bertz CT molecular complexity index is 1110. The van der Waals surface area contributed by atoms with Crippen molar-refractivity contribution in [2.45, 2.75) is 31.7 Å². The molecule has 0 aliphatic carbocycles. The Kier molecular flexibility index (Phi) is 6.04. The minimum absolute atomic E-state index is 0.00539. The molecule has 1 aliphatic heterocycles. The summed E-state index contributed by atoms with van der Waals surface area (Å²) in [5.74, 6) is -1.26. The summed E-state index contributed by atoms with van der Waals surface area (Å²) in [6.45, 7) is 5.42. The zero-order valence-electron chi connectivity index (χ0n) is 16.9. The number of carbonyl (C=O) groups is 3. The van der Waals surface area contributed by atoms with Crippen LogP contribution in [-0.2, 0) is 10.0 Å². The maximum atomic E-state index is 12.4. The maximum Gasteiger partial charge on any atom is 0.261 e. The SMILES string of the molecule is Cc1ccc(S(=O)(=O)NCCNC(=O)c2ccc3c(c2)C(=O)N(C(C)C)C3=O)cc1. The van der Waals surface area contributed by atoms with Crippen molar-refractivity contribution in [1.29, 1.82) is 0 Å². The predicted molar refractivity (Wildman–Crippen MR) is 111 cm³/mol. The van der Waals surface area contributed by atoms with E-state index in [4.69, 9.17) is 0 Å². The van der Waals surface area contributed by atoms with Gasteiger partial charge in [0.05, 0.1) is 16.0 Å². The largest absolute Gasteiger partial charge is 0.351 e. The Labute approximate surface area is 175 Å². The van der Waals surface area contributed by atoms with Crippen molar-refractivity contribution in [2.75, 3.05) is 13.1 Å². The maximum absolute atomic E-state index is 12.4. The Morgan fingerprint density at radius 1 is 0.967 bits per heavy atom. The number of hydrogen-bond acceptors (Lipinski definition) is 5. The van der Waals surface area contributed by atoms with E-state index < -0.39 is 21.8 Å². The van der Waals surface area contributed by atoms with Crippen LogP contribution in [-0.4, -0.2) is 50.2 Å². The van der Waals surface area contributed by atoms with Gasteiger partial charge in [-0.2, -0.15) is 0 Å². The molecule has 2 aromatic rings. The van der Waals surface area contributed by atoms with Gasteiger partial charge >= 0.3 is 0 Å². The molecule has 2 N–H and O–H groups in total. The predicted octanol–water partition coefficient (Wildman–Crippen LogP) is 1.71. The van der Waals surface area contributed by atoms with Crippen molar-refractivity contribution in [2.24, 2.45) is 0 Å². The fourth-order valence-corrected chi connectivity index (χ4v) is 4.17. The molecule has 0 unspecified atom stereocenters. The van der Waals surface area contributed by atoms with Gasteiger partial charge in [-0.3, -0.25) is 19.3 Å². The molecule has 0 bridgehead atoms. The van der Waals surface area contributed by atoms with Crippen molar-refractivity contribution in [3.8, 4) is 0 Å². The summed E-state index contributed by atoms with van der Waals surface area (Å²) in [6.07, 6.45) is 0. The summed E-state index contributed by atoms with van der Waals surface area (Å²) < 4.78 is 26.9. The first-order chi connectivity index (χ1) is 14.1. The lowest BCUT2D eigenvalue weighted by Gasteiger charge is -2.17. The number of amides is 3. The lowest BCUT2D eigenvalue weighted by molar-refractivity contribution is 0.0609. The summed E-state index contributed by atoms with van der Waals surface area (Å²) in [4.78, 5) is 38.4. The van der Waals surface area contributed by atoms with Crippen molar-refractivity contribution in [1.82, 2.24) is 14.9 Å². The van der Waals surface area contributed by atoms with Crippen LogP contribution in [0.1, 0.15) is 50.5 Å². The van der Waals surface area contributed by atoms with Gasteiger partial charge in [0.2, 0.25) is 10.0 Å². The van der Waals surface area contributed by atoms with Gasteiger partial charge in [-0.25, -0.2) is 13.1 Å². The van der Waals surface area contributed by atoms with Gasteiger partial charge in [-0.1, -0.05) is 17.7 Å². The number of carbonyl (C=O) groups excluding carboxylic acids is 3. The molecule has 0 spiro atoms. The van der Waals surface area contributed by atoms with Crippen LogP contribution in [0, 0.1) is 6.92 Å². The van der Waals surface area contributed by atoms with Crippen LogP contribution in [0.15, 0.2) is 47.4 Å². The molecule has 3 amide bonds. The summed E-state index contributed by atoms with van der Waals surface area (Å²) in [5, 5.41) is 2.61. The summed E-state index contributed by atoms with van der Waals surface area (Å²) in [6, 6.07) is 10.5. The molecule has 9 heteroatoms. The molecule has 0 aromatic heterocycles. The van der Waals surface area contributed by atoms with Gasteiger partial charge in [0.1, 0.15) is 0 Å². The van der Waals surface area contributed by atoms with E-state index in [0.29, 0.717) is 0 Å². The molecule has 0 radical (unpaired) electrons. The number of sulfonamides is 1. The molecule has 0 saturated heterocycles. The van der Waals surface area contributed by atoms with Crippen LogP contribution < -0.4 is 10.0 Å². The number of fused-ring (bicyclic) bond motifs is 1. The van der Waals surface area contributed by atoms with Gasteiger partial charge < -0.3 is 5.32 Å². The number of hydrogen-bond donors (Lipinski definition) is 2. The highest BCUT2D eigenvalue weighted by atomic mass is 32.2. The Morgan fingerprint density at radius 3 is 2.23 bits per heavy atom. The van der Waals surface area contributed by atoms with E-state index in [1.54, 1.807) is 26.0 Å². The van der Waals surface area contributed by atoms with Gasteiger partial charge in [-0.15, -0.1) is 0 Å². The molecule has 1 aliphatic rings. The van der Waals surface area contributed by atoms with Crippen molar-refractivity contribution >= 4 is 27.7 Å². The minimum Gasteiger partial charge on any atom is -0.351 e. The third-order valence-corrected chi connectivity index (χ3v) is 6.21. The minimum atomic E-state index is -3.66. The van der Waals surface area contributed by atoms with E-state index >= 15 is 0 Å². The van der Waals surface area contributed by atoms with Crippen molar-refractivity contribution in [3.05, 3.63) is 64.7 Å². The van der Waals surface area contributed by atoms with E-state index in [-0.39, 0.29) is 46.6 Å². The third kappa shape index (κ3) is 4.27. The van der Waals surface area contributed by atoms with Crippen LogP contribution >= 0.6 is 0 Å². The summed E-state index contributed by atoms with van der Waals surface area (Å²) in [5.41, 5.74) is 1.65. The molecule has 2 aromatic carbocycles. The summed E-state index contributed by atoms with van der Waals surface area (Å²) >= 11 is 0. The zero-order chi connectivity index (χ0) is 22.1. The fraction of sp³-hybridized carbons (Fsp3) is 0.286.